The monoisotopic (exact) mass is 507 g/mol. The molecule has 0 atom stereocenters. The zero-order valence-electron chi connectivity index (χ0n) is 15.7. The van der Waals surface area contributed by atoms with Gasteiger partial charge in [-0.15, -0.1) is 0 Å². The summed E-state index contributed by atoms with van der Waals surface area (Å²) in [6.07, 6.45) is -3.16. The van der Waals surface area contributed by atoms with Crippen LogP contribution >= 0.6 is 27.7 Å². The molecule has 1 aliphatic rings. The lowest BCUT2D eigenvalue weighted by Crippen LogP contribution is -2.27. The van der Waals surface area contributed by atoms with E-state index in [1.165, 1.54) is 36.4 Å². The second-order valence-corrected chi connectivity index (χ2v) is 8.55. The number of imide groups is 1. The van der Waals surface area contributed by atoms with Gasteiger partial charge in [0, 0.05) is 16.1 Å². The molecule has 2 amide bonds. The first-order valence-corrected chi connectivity index (χ1v) is 10.6. The predicted octanol–water partition coefficient (Wildman–Crippen LogP) is 6.96. The number of thioether (sulfide) groups is 1. The number of rotatable bonds is 4. The molecule has 2 aromatic carbocycles. The lowest BCUT2D eigenvalue weighted by Gasteiger charge is -2.12. The zero-order chi connectivity index (χ0) is 22.2. The van der Waals surface area contributed by atoms with Crippen molar-refractivity contribution in [3.8, 4) is 11.3 Å². The molecule has 0 unspecified atom stereocenters. The summed E-state index contributed by atoms with van der Waals surface area (Å²) in [6.45, 7) is 0.123. The van der Waals surface area contributed by atoms with Crippen LogP contribution in [0.25, 0.3) is 17.4 Å². The van der Waals surface area contributed by atoms with E-state index in [9.17, 15) is 22.8 Å². The van der Waals surface area contributed by atoms with E-state index in [1.807, 2.05) is 12.1 Å². The second-order valence-electron chi connectivity index (χ2n) is 6.64. The van der Waals surface area contributed by atoms with Crippen molar-refractivity contribution in [3.63, 3.8) is 0 Å². The number of hydrogen-bond donors (Lipinski definition) is 0. The number of hydrogen-bond acceptors (Lipinski definition) is 4. The van der Waals surface area contributed by atoms with Crippen LogP contribution in [0.3, 0.4) is 0 Å². The van der Waals surface area contributed by atoms with Gasteiger partial charge in [0.2, 0.25) is 0 Å². The molecule has 2 heterocycles. The van der Waals surface area contributed by atoms with E-state index in [0.717, 1.165) is 32.8 Å². The summed E-state index contributed by atoms with van der Waals surface area (Å²) in [5.41, 5.74) is -0.125. The molecule has 0 saturated carbocycles. The van der Waals surface area contributed by atoms with Gasteiger partial charge in [0.1, 0.15) is 11.5 Å². The van der Waals surface area contributed by atoms with Crippen LogP contribution in [0.15, 0.2) is 74.5 Å². The maximum absolute atomic E-state index is 13.3. The van der Waals surface area contributed by atoms with Crippen LogP contribution in [0, 0.1) is 0 Å². The Morgan fingerprint density at radius 2 is 1.71 bits per heavy atom. The van der Waals surface area contributed by atoms with Gasteiger partial charge in [0.15, 0.2) is 0 Å². The van der Waals surface area contributed by atoms with E-state index < -0.39 is 22.9 Å². The number of furan rings is 1. The maximum Gasteiger partial charge on any atom is 0.417 e. The van der Waals surface area contributed by atoms with Gasteiger partial charge in [-0.3, -0.25) is 14.5 Å². The van der Waals surface area contributed by atoms with E-state index >= 15 is 0 Å². The Morgan fingerprint density at radius 1 is 1.00 bits per heavy atom. The standard InChI is InChI=1S/C22H13BrF3NO3S/c23-14-7-5-13(6-8-14)12-27-20(28)19(31-21(27)29)11-15-9-10-18(30-15)16-3-1-2-4-17(16)22(24,25)26/h1-11H,12H2/b19-11-. The number of nitrogens with zero attached hydrogens (tertiary/aromatic N) is 1. The average molecular weight is 508 g/mol. The molecular formula is C22H13BrF3NO3S. The molecule has 0 bridgehead atoms. The van der Waals surface area contributed by atoms with E-state index in [-0.39, 0.29) is 28.5 Å². The van der Waals surface area contributed by atoms with Crippen molar-refractivity contribution < 1.29 is 27.2 Å². The van der Waals surface area contributed by atoms with Gasteiger partial charge in [0.25, 0.3) is 11.1 Å². The van der Waals surface area contributed by atoms with Crippen molar-refractivity contribution in [3.05, 3.63) is 86.9 Å². The molecule has 1 saturated heterocycles. The van der Waals surface area contributed by atoms with Crippen molar-refractivity contribution in [1.29, 1.82) is 0 Å². The van der Waals surface area contributed by atoms with Crippen molar-refractivity contribution in [2.24, 2.45) is 0 Å². The molecule has 31 heavy (non-hydrogen) atoms. The molecule has 0 N–H and O–H groups in total. The second kappa shape index (κ2) is 8.39. The third-order valence-corrected chi connectivity index (χ3v) is 5.96. The van der Waals surface area contributed by atoms with Crippen molar-refractivity contribution in [2.45, 2.75) is 12.7 Å². The fraction of sp³-hybridized carbons (Fsp3) is 0.0909. The van der Waals surface area contributed by atoms with Crippen LogP contribution in [0.2, 0.25) is 0 Å². The highest BCUT2D eigenvalue weighted by molar-refractivity contribution is 9.10. The lowest BCUT2D eigenvalue weighted by atomic mass is 10.1. The largest absolute Gasteiger partial charge is 0.457 e. The SMILES string of the molecule is O=C1S/C(=C\c2ccc(-c3ccccc3C(F)(F)F)o2)C(=O)N1Cc1ccc(Br)cc1. The first-order valence-electron chi connectivity index (χ1n) is 8.98. The highest BCUT2D eigenvalue weighted by Gasteiger charge is 2.36. The van der Waals surface area contributed by atoms with E-state index in [2.05, 4.69) is 15.9 Å². The van der Waals surface area contributed by atoms with Crippen LogP contribution in [0.4, 0.5) is 18.0 Å². The molecule has 0 spiro atoms. The number of amides is 2. The van der Waals surface area contributed by atoms with Crippen LogP contribution in [0.5, 0.6) is 0 Å². The zero-order valence-corrected chi connectivity index (χ0v) is 18.1. The van der Waals surface area contributed by atoms with E-state index in [4.69, 9.17) is 4.42 Å². The lowest BCUT2D eigenvalue weighted by molar-refractivity contribution is -0.137. The van der Waals surface area contributed by atoms with Crippen molar-refractivity contribution in [1.82, 2.24) is 4.90 Å². The Hall–Kier alpha value is -2.78. The molecule has 9 heteroatoms. The highest BCUT2D eigenvalue weighted by atomic mass is 79.9. The van der Waals surface area contributed by atoms with Gasteiger partial charge >= 0.3 is 6.18 Å². The normalized spacial score (nSPS) is 15.9. The van der Waals surface area contributed by atoms with Crippen molar-refractivity contribution in [2.75, 3.05) is 0 Å². The van der Waals surface area contributed by atoms with E-state index in [0.29, 0.717) is 0 Å². The average Bonchev–Trinajstić information content (AvgIpc) is 3.29. The Kier molecular flexibility index (Phi) is 5.81. The van der Waals surface area contributed by atoms with Crippen LogP contribution in [-0.2, 0) is 17.5 Å². The molecule has 0 radical (unpaired) electrons. The molecule has 1 aromatic heterocycles. The molecule has 158 valence electrons. The Labute approximate surface area is 187 Å². The van der Waals surface area contributed by atoms with Gasteiger partial charge < -0.3 is 4.42 Å². The van der Waals surface area contributed by atoms with Gasteiger partial charge in [-0.2, -0.15) is 13.2 Å². The quantitative estimate of drug-likeness (QED) is 0.358. The predicted molar refractivity (Wildman–Crippen MR) is 115 cm³/mol. The molecule has 0 aliphatic carbocycles. The minimum atomic E-state index is -4.53. The van der Waals surface area contributed by atoms with Crippen molar-refractivity contribution >= 4 is 44.9 Å². The van der Waals surface area contributed by atoms with Gasteiger partial charge in [-0.25, -0.2) is 0 Å². The number of halogens is 4. The maximum atomic E-state index is 13.3. The molecule has 4 nitrogen and oxygen atoms in total. The highest BCUT2D eigenvalue weighted by Crippen LogP contribution is 2.38. The minimum absolute atomic E-state index is 0.0215. The Balaban J connectivity index is 1.57. The first-order chi connectivity index (χ1) is 14.7. The number of benzene rings is 2. The summed E-state index contributed by atoms with van der Waals surface area (Å²) in [7, 11) is 0. The third-order valence-electron chi connectivity index (χ3n) is 4.53. The Morgan fingerprint density at radius 3 is 2.42 bits per heavy atom. The molecule has 1 aliphatic heterocycles. The topological polar surface area (TPSA) is 50.5 Å². The van der Waals surface area contributed by atoms with Crippen LogP contribution in [0.1, 0.15) is 16.9 Å². The fourth-order valence-electron chi connectivity index (χ4n) is 3.06. The molecule has 1 fully saturated rings. The third kappa shape index (κ3) is 4.62. The summed E-state index contributed by atoms with van der Waals surface area (Å²) in [6, 6.07) is 15.2. The molecule has 3 aromatic rings. The summed E-state index contributed by atoms with van der Waals surface area (Å²) in [5, 5.41) is -0.423. The number of carbonyl (C=O) groups excluding carboxylic acids is 2. The number of alkyl halides is 3. The van der Waals surface area contributed by atoms with Gasteiger partial charge in [-0.05, 0) is 47.7 Å². The van der Waals surface area contributed by atoms with Gasteiger partial charge in [0.05, 0.1) is 17.0 Å². The summed E-state index contributed by atoms with van der Waals surface area (Å²) in [5.74, 6) is -0.277. The first kappa shape index (κ1) is 21.5. The summed E-state index contributed by atoms with van der Waals surface area (Å²) in [4.78, 5) is 26.2. The smallest absolute Gasteiger partial charge is 0.417 e. The fourth-order valence-corrected chi connectivity index (χ4v) is 4.14. The molecule has 4 rings (SSSR count). The summed E-state index contributed by atoms with van der Waals surface area (Å²) < 4.78 is 46.2. The van der Waals surface area contributed by atoms with E-state index in [1.54, 1.807) is 12.1 Å². The Bertz CT molecular complexity index is 1190. The summed E-state index contributed by atoms with van der Waals surface area (Å²) >= 11 is 4.09. The molecular weight excluding hydrogens is 495 g/mol. The number of carbonyl (C=O) groups is 2. The van der Waals surface area contributed by atoms with Crippen LogP contribution in [-0.4, -0.2) is 16.0 Å². The van der Waals surface area contributed by atoms with Gasteiger partial charge in [-0.1, -0.05) is 46.3 Å². The minimum Gasteiger partial charge on any atom is -0.457 e. The van der Waals surface area contributed by atoms with Crippen LogP contribution < -0.4 is 0 Å².